The molecule has 0 spiro atoms. The number of furan rings is 1. The molecular weight excluding hydrogens is 364 g/mol. The molecule has 1 amide bonds. The Morgan fingerprint density at radius 3 is 2.59 bits per heavy atom. The number of pyridine rings is 1. The Morgan fingerprint density at radius 1 is 1.14 bits per heavy atom. The molecular formula is C23H22N4O2. The van der Waals surface area contributed by atoms with Gasteiger partial charge in [-0.1, -0.05) is 13.0 Å². The predicted molar refractivity (Wildman–Crippen MR) is 112 cm³/mol. The van der Waals surface area contributed by atoms with Gasteiger partial charge in [-0.2, -0.15) is 5.26 Å². The van der Waals surface area contributed by atoms with Gasteiger partial charge in [-0.25, -0.2) is 0 Å². The fourth-order valence-corrected chi connectivity index (χ4v) is 3.58. The number of nitrogens with one attached hydrogen (secondary N) is 1. The molecule has 1 aromatic carbocycles. The van der Waals surface area contributed by atoms with Gasteiger partial charge in [-0.15, -0.1) is 0 Å². The Labute approximate surface area is 169 Å². The molecule has 1 N–H and O–H groups in total. The summed E-state index contributed by atoms with van der Waals surface area (Å²) in [6.07, 6.45) is 5.79. The molecule has 1 fully saturated rings. The van der Waals surface area contributed by atoms with Crippen molar-refractivity contribution < 1.29 is 9.21 Å². The lowest BCUT2D eigenvalue weighted by Gasteiger charge is -2.33. The summed E-state index contributed by atoms with van der Waals surface area (Å²) in [7, 11) is 0. The maximum Gasteiger partial charge on any atom is 0.291 e. The van der Waals surface area contributed by atoms with Crippen LogP contribution in [0.4, 0.5) is 11.4 Å². The van der Waals surface area contributed by atoms with Gasteiger partial charge in [0.05, 0.1) is 11.4 Å². The Bertz CT molecular complexity index is 1040. The van der Waals surface area contributed by atoms with Crippen molar-refractivity contribution in [3.05, 3.63) is 66.4 Å². The normalized spacial score (nSPS) is 14.4. The monoisotopic (exact) mass is 386 g/mol. The molecule has 0 bridgehead atoms. The lowest BCUT2D eigenvalue weighted by Crippen LogP contribution is -2.33. The Kier molecular flexibility index (Phi) is 5.30. The first-order valence-corrected chi connectivity index (χ1v) is 9.75. The summed E-state index contributed by atoms with van der Waals surface area (Å²) in [6.45, 7) is 4.17. The second-order valence-corrected chi connectivity index (χ2v) is 7.37. The highest BCUT2D eigenvalue weighted by Gasteiger charge is 2.21. The van der Waals surface area contributed by atoms with Crippen molar-refractivity contribution in [1.29, 1.82) is 5.26 Å². The molecule has 0 saturated carbocycles. The number of nitrogens with zero attached hydrogens (tertiary/aromatic N) is 3. The summed E-state index contributed by atoms with van der Waals surface area (Å²) in [6, 6.07) is 14.9. The molecule has 29 heavy (non-hydrogen) atoms. The molecule has 0 atom stereocenters. The number of anilines is 2. The van der Waals surface area contributed by atoms with E-state index in [1.54, 1.807) is 12.4 Å². The lowest BCUT2D eigenvalue weighted by atomic mass is 9.97. The second-order valence-electron chi connectivity index (χ2n) is 7.37. The van der Waals surface area contributed by atoms with E-state index in [0.717, 1.165) is 48.4 Å². The first-order chi connectivity index (χ1) is 14.1. The van der Waals surface area contributed by atoms with Gasteiger partial charge in [0.1, 0.15) is 6.07 Å². The third-order valence-corrected chi connectivity index (χ3v) is 5.32. The predicted octanol–water partition coefficient (Wildman–Crippen LogP) is 4.70. The number of hydrogen-bond acceptors (Lipinski definition) is 5. The fourth-order valence-electron chi connectivity index (χ4n) is 3.58. The summed E-state index contributed by atoms with van der Waals surface area (Å²) in [5, 5.41) is 11.9. The third-order valence-electron chi connectivity index (χ3n) is 5.32. The highest BCUT2D eigenvalue weighted by molar-refractivity contribution is 6.04. The number of carbonyl (C=O) groups excluding carboxylic acids is 1. The van der Waals surface area contributed by atoms with E-state index in [0.29, 0.717) is 5.92 Å². The van der Waals surface area contributed by atoms with Gasteiger partial charge >= 0.3 is 0 Å². The number of rotatable bonds is 4. The minimum absolute atomic E-state index is 0.119. The quantitative estimate of drug-likeness (QED) is 0.703. The van der Waals surface area contributed by atoms with Crippen molar-refractivity contribution in [3.8, 4) is 17.2 Å². The van der Waals surface area contributed by atoms with Gasteiger partial charge in [0.15, 0.2) is 5.76 Å². The Morgan fingerprint density at radius 2 is 1.90 bits per heavy atom. The van der Waals surface area contributed by atoms with Crippen LogP contribution in [0.25, 0.3) is 11.1 Å². The van der Waals surface area contributed by atoms with Gasteiger partial charge in [0, 0.05) is 25.5 Å². The van der Waals surface area contributed by atoms with E-state index < -0.39 is 0 Å². The van der Waals surface area contributed by atoms with Crippen LogP contribution in [0.1, 0.15) is 36.1 Å². The van der Waals surface area contributed by atoms with Crippen molar-refractivity contribution in [1.82, 2.24) is 4.98 Å². The molecule has 3 heterocycles. The minimum Gasteiger partial charge on any atom is -0.440 e. The van der Waals surface area contributed by atoms with Gasteiger partial charge in [0.2, 0.25) is 5.76 Å². The van der Waals surface area contributed by atoms with Crippen molar-refractivity contribution in [2.24, 2.45) is 5.92 Å². The van der Waals surface area contributed by atoms with Crippen LogP contribution in [0.5, 0.6) is 0 Å². The number of amides is 1. The van der Waals surface area contributed by atoms with E-state index in [1.165, 1.54) is 12.1 Å². The zero-order chi connectivity index (χ0) is 20.2. The number of carbonyl (C=O) groups is 1. The van der Waals surface area contributed by atoms with E-state index in [1.807, 2.05) is 30.3 Å². The number of aromatic nitrogens is 1. The lowest BCUT2D eigenvalue weighted by molar-refractivity contribution is 0.0996. The number of hydrogen-bond donors (Lipinski definition) is 1. The van der Waals surface area contributed by atoms with Crippen LogP contribution in [-0.4, -0.2) is 24.0 Å². The highest BCUT2D eigenvalue weighted by atomic mass is 16.3. The van der Waals surface area contributed by atoms with Gasteiger partial charge in [-0.3, -0.25) is 9.78 Å². The summed E-state index contributed by atoms with van der Waals surface area (Å²) in [5.41, 5.74) is 3.88. The van der Waals surface area contributed by atoms with Crippen LogP contribution >= 0.6 is 0 Å². The van der Waals surface area contributed by atoms with Crippen LogP contribution in [0.15, 0.2) is 59.3 Å². The molecule has 146 valence electrons. The molecule has 0 aliphatic carbocycles. The standard InChI is InChI=1S/C23H22N4O2/c1-16-8-12-27(13-9-16)21-14-18(17-6-10-25-11-7-17)2-4-20(21)26-23(28)22-5-3-19(15-24)29-22/h2-7,10-11,14,16H,8-9,12-13H2,1H3,(H,26,28). The summed E-state index contributed by atoms with van der Waals surface area (Å²) in [5.74, 6) is 0.585. The summed E-state index contributed by atoms with van der Waals surface area (Å²) >= 11 is 0. The smallest absolute Gasteiger partial charge is 0.291 e. The minimum atomic E-state index is -0.366. The molecule has 1 aliphatic rings. The van der Waals surface area contributed by atoms with E-state index in [2.05, 4.69) is 28.2 Å². The fraction of sp³-hybridized carbons (Fsp3) is 0.261. The second kappa shape index (κ2) is 8.19. The summed E-state index contributed by atoms with van der Waals surface area (Å²) in [4.78, 5) is 19.1. The first kappa shape index (κ1) is 18.8. The number of piperidine rings is 1. The Hall–Kier alpha value is -3.59. The summed E-state index contributed by atoms with van der Waals surface area (Å²) < 4.78 is 5.27. The maximum atomic E-state index is 12.6. The van der Waals surface area contributed by atoms with Crippen molar-refractivity contribution in [2.75, 3.05) is 23.3 Å². The zero-order valence-corrected chi connectivity index (χ0v) is 16.3. The maximum absolute atomic E-state index is 12.6. The highest BCUT2D eigenvalue weighted by Crippen LogP contribution is 2.34. The molecule has 1 aliphatic heterocycles. The average Bonchev–Trinajstić information content (AvgIpc) is 3.25. The van der Waals surface area contributed by atoms with E-state index in [4.69, 9.17) is 9.68 Å². The first-order valence-electron chi connectivity index (χ1n) is 9.75. The average molecular weight is 386 g/mol. The van der Waals surface area contributed by atoms with Crippen LogP contribution in [0.3, 0.4) is 0 Å². The third kappa shape index (κ3) is 4.14. The van der Waals surface area contributed by atoms with Crippen LogP contribution in [0, 0.1) is 17.2 Å². The molecule has 6 heteroatoms. The topological polar surface area (TPSA) is 82.2 Å². The van der Waals surface area contributed by atoms with Crippen molar-refractivity contribution >= 4 is 17.3 Å². The van der Waals surface area contributed by atoms with Crippen LogP contribution in [0.2, 0.25) is 0 Å². The van der Waals surface area contributed by atoms with Crippen LogP contribution < -0.4 is 10.2 Å². The molecule has 4 rings (SSSR count). The molecule has 2 aromatic heterocycles. The molecule has 6 nitrogen and oxygen atoms in total. The molecule has 1 saturated heterocycles. The number of benzene rings is 1. The van der Waals surface area contributed by atoms with Crippen molar-refractivity contribution in [2.45, 2.75) is 19.8 Å². The van der Waals surface area contributed by atoms with Gasteiger partial charge < -0.3 is 14.6 Å². The largest absolute Gasteiger partial charge is 0.440 e. The van der Waals surface area contributed by atoms with E-state index in [9.17, 15) is 4.79 Å². The molecule has 0 radical (unpaired) electrons. The Balaban J connectivity index is 1.66. The van der Waals surface area contributed by atoms with Gasteiger partial charge in [0.25, 0.3) is 5.91 Å². The SMILES string of the molecule is CC1CCN(c2cc(-c3ccncc3)ccc2NC(=O)c2ccc(C#N)o2)CC1. The van der Waals surface area contributed by atoms with E-state index >= 15 is 0 Å². The van der Waals surface area contributed by atoms with Crippen molar-refractivity contribution in [3.63, 3.8) is 0 Å². The zero-order valence-electron chi connectivity index (χ0n) is 16.3. The molecule has 0 unspecified atom stereocenters. The number of nitriles is 1. The van der Waals surface area contributed by atoms with E-state index in [-0.39, 0.29) is 17.4 Å². The molecule has 3 aromatic rings. The van der Waals surface area contributed by atoms with Gasteiger partial charge in [-0.05, 0) is 66.3 Å². The van der Waals surface area contributed by atoms with Crippen LogP contribution in [-0.2, 0) is 0 Å².